The molecule has 21 heavy (non-hydrogen) atoms. The van der Waals surface area contributed by atoms with Gasteiger partial charge in [-0.2, -0.15) is 0 Å². The zero-order chi connectivity index (χ0) is 15.1. The number of hydrogen-bond donors (Lipinski definition) is 1. The Hall–Kier alpha value is -1.81. The topological polar surface area (TPSA) is 49.8 Å². The van der Waals surface area contributed by atoms with Gasteiger partial charge in [0.25, 0.3) is 0 Å². The number of likely N-dealkylation sites (tertiary alicyclic amines) is 1. The maximum absolute atomic E-state index is 12.2. The number of ether oxygens (including phenoxy) is 1. The van der Waals surface area contributed by atoms with Crippen LogP contribution in [-0.2, 0) is 11.3 Å². The molecule has 0 saturated carbocycles. The van der Waals surface area contributed by atoms with Crippen LogP contribution in [0.5, 0.6) is 0 Å². The van der Waals surface area contributed by atoms with E-state index in [1.807, 2.05) is 30.3 Å². The van der Waals surface area contributed by atoms with Crippen molar-refractivity contribution in [3.05, 3.63) is 48.6 Å². The fourth-order valence-corrected chi connectivity index (χ4v) is 2.70. The highest BCUT2D eigenvalue weighted by Crippen LogP contribution is 2.23. The molecule has 0 spiro atoms. The summed E-state index contributed by atoms with van der Waals surface area (Å²) in [6.45, 7) is 4.59. The molecule has 114 valence electrons. The number of aliphatic hydroxyl groups excluding tert-OH is 1. The van der Waals surface area contributed by atoms with Crippen LogP contribution in [0.4, 0.5) is 4.79 Å². The van der Waals surface area contributed by atoms with E-state index in [4.69, 9.17) is 4.74 Å². The van der Waals surface area contributed by atoms with Crippen LogP contribution in [0.25, 0.3) is 0 Å². The molecule has 1 aliphatic heterocycles. The second kappa shape index (κ2) is 7.84. The van der Waals surface area contributed by atoms with Crippen molar-refractivity contribution in [3.8, 4) is 0 Å². The molecule has 1 aromatic rings. The monoisotopic (exact) mass is 289 g/mol. The van der Waals surface area contributed by atoms with Crippen LogP contribution in [0.3, 0.4) is 0 Å². The zero-order valence-corrected chi connectivity index (χ0v) is 12.3. The lowest BCUT2D eigenvalue weighted by atomic mass is 10.0. The summed E-state index contributed by atoms with van der Waals surface area (Å²) >= 11 is 0. The number of carbonyl (C=O) groups is 1. The van der Waals surface area contributed by atoms with Crippen molar-refractivity contribution >= 4 is 6.09 Å². The van der Waals surface area contributed by atoms with Gasteiger partial charge in [0.2, 0.25) is 0 Å². The second-order valence-electron chi connectivity index (χ2n) is 5.38. The summed E-state index contributed by atoms with van der Waals surface area (Å²) in [4.78, 5) is 13.8. The molecule has 1 amide bonds. The Bertz CT molecular complexity index is 460. The Balaban J connectivity index is 1.87. The third-order valence-electron chi connectivity index (χ3n) is 3.85. The first-order valence-electron chi connectivity index (χ1n) is 7.48. The van der Waals surface area contributed by atoms with Crippen LogP contribution in [0, 0.1) is 0 Å². The van der Waals surface area contributed by atoms with Gasteiger partial charge in [-0.15, -0.1) is 6.58 Å². The maximum atomic E-state index is 12.2. The van der Waals surface area contributed by atoms with Crippen LogP contribution in [-0.4, -0.2) is 34.8 Å². The molecule has 1 heterocycles. The number of rotatable bonds is 6. The quantitative estimate of drug-likeness (QED) is 0.819. The number of allylic oxidation sites excluding steroid dienone is 1. The number of hydrogen-bond acceptors (Lipinski definition) is 3. The molecule has 1 saturated heterocycles. The van der Waals surface area contributed by atoms with E-state index in [-0.39, 0.29) is 18.7 Å². The minimum atomic E-state index is -0.505. The molecular weight excluding hydrogens is 266 g/mol. The summed E-state index contributed by atoms with van der Waals surface area (Å²) in [5, 5.41) is 10.2. The molecule has 4 nitrogen and oxygen atoms in total. The minimum Gasteiger partial charge on any atom is -0.445 e. The summed E-state index contributed by atoms with van der Waals surface area (Å²) in [7, 11) is 0. The molecule has 1 aliphatic rings. The Morgan fingerprint density at radius 1 is 1.48 bits per heavy atom. The molecule has 1 aromatic carbocycles. The van der Waals surface area contributed by atoms with Crippen molar-refractivity contribution in [2.24, 2.45) is 0 Å². The van der Waals surface area contributed by atoms with Crippen LogP contribution in [0.1, 0.15) is 31.2 Å². The summed E-state index contributed by atoms with van der Waals surface area (Å²) in [6.07, 6.45) is 4.08. The van der Waals surface area contributed by atoms with Gasteiger partial charge < -0.3 is 14.7 Å². The lowest BCUT2D eigenvalue weighted by Gasteiger charge is -2.27. The first kappa shape index (κ1) is 15.6. The van der Waals surface area contributed by atoms with Crippen molar-refractivity contribution in [1.29, 1.82) is 0 Å². The van der Waals surface area contributed by atoms with Gasteiger partial charge in [0.1, 0.15) is 6.61 Å². The van der Waals surface area contributed by atoms with E-state index >= 15 is 0 Å². The van der Waals surface area contributed by atoms with E-state index in [0.717, 1.165) is 24.8 Å². The Kier molecular flexibility index (Phi) is 5.81. The summed E-state index contributed by atoms with van der Waals surface area (Å²) in [5.74, 6) is 0. The largest absolute Gasteiger partial charge is 0.445 e. The molecule has 4 heteroatoms. The molecule has 1 fully saturated rings. The Labute approximate surface area is 126 Å². The van der Waals surface area contributed by atoms with Crippen molar-refractivity contribution < 1.29 is 14.6 Å². The predicted molar refractivity (Wildman–Crippen MR) is 81.8 cm³/mol. The van der Waals surface area contributed by atoms with Gasteiger partial charge >= 0.3 is 6.09 Å². The fourth-order valence-electron chi connectivity index (χ4n) is 2.70. The van der Waals surface area contributed by atoms with E-state index in [1.54, 1.807) is 11.0 Å². The van der Waals surface area contributed by atoms with Crippen LogP contribution in [0.15, 0.2) is 43.0 Å². The first-order valence-corrected chi connectivity index (χ1v) is 7.48. The highest BCUT2D eigenvalue weighted by Gasteiger charge is 2.34. The van der Waals surface area contributed by atoms with Crippen LogP contribution < -0.4 is 0 Å². The predicted octanol–water partition coefficient (Wildman–Crippen LogP) is 3.11. The standard InChI is InChI=1S/C17H23NO3/c1-2-3-11-16(19)15-10-7-12-18(15)17(20)21-13-14-8-5-4-6-9-14/h2,4-6,8-9,15-16,19H,1,3,7,10-13H2/t15-,16-/m1/s1. The molecule has 0 aromatic heterocycles. The lowest BCUT2D eigenvalue weighted by molar-refractivity contribution is 0.0452. The lowest BCUT2D eigenvalue weighted by Crippen LogP contribution is -2.42. The molecular formula is C17H23NO3. The number of carbonyl (C=O) groups excluding carboxylic acids is 1. The van der Waals surface area contributed by atoms with Crippen molar-refractivity contribution in [3.63, 3.8) is 0 Å². The van der Waals surface area contributed by atoms with Crippen molar-refractivity contribution in [2.75, 3.05) is 6.54 Å². The van der Waals surface area contributed by atoms with Crippen molar-refractivity contribution in [1.82, 2.24) is 4.90 Å². The fraction of sp³-hybridized carbons (Fsp3) is 0.471. The highest BCUT2D eigenvalue weighted by atomic mass is 16.6. The van der Waals surface area contributed by atoms with Gasteiger partial charge in [-0.1, -0.05) is 36.4 Å². The molecule has 0 bridgehead atoms. The summed E-state index contributed by atoms with van der Waals surface area (Å²) in [6, 6.07) is 9.48. The SMILES string of the molecule is C=CCC[C@@H](O)[C@H]1CCCN1C(=O)OCc1ccccc1. The average molecular weight is 289 g/mol. The van der Waals surface area contributed by atoms with Crippen LogP contribution >= 0.6 is 0 Å². The third-order valence-corrected chi connectivity index (χ3v) is 3.85. The summed E-state index contributed by atoms with van der Waals surface area (Å²) in [5.41, 5.74) is 0.966. The molecule has 2 rings (SSSR count). The zero-order valence-electron chi connectivity index (χ0n) is 12.3. The second-order valence-corrected chi connectivity index (χ2v) is 5.38. The minimum absolute atomic E-state index is 0.131. The molecule has 0 unspecified atom stereocenters. The van der Waals surface area contributed by atoms with E-state index in [2.05, 4.69) is 6.58 Å². The van der Waals surface area contributed by atoms with Gasteiger partial charge in [-0.05, 0) is 31.2 Å². The van der Waals surface area contributed by atoms with E-state index < -0.39 is 6.10 Å². The van der Waals surface area contributed by atoms with Gasteiger partial charge in [0.05, 0.1) is 12.1 Å². The normalized spacial score (nSPS) is 19.3. The van der Waals surface area contributed by atoms with E-state index in [1.165, 1.54) is 0 Å². The van der Waals surface area contributed by atoms with Gasteiger partial charge in [-0.25, -0.2) is 4.79 Å². The highest BCUT2D eigenvalue weighted by molar-refractivity contribution is 5.68. The van der Waals surface area contributed by atoms with E-state index in [0.29, 0.717) is 13.0 Å². The van der Waals surface area contributed by atoms with Gasteiger partial charge in [0, 0.05) is 6.54 Å². The molecule has 0 aliphatic carbocycles. The van der Waals surface area contributed by atoms with Gasteiger partial charge in [0.15, 0.2) is 0 Å². The average Bonchev–Trinajstić information content (AvgIpc) is 3.01. The third kappa shape index (κ3) is 4.33. The van der Waals surface area contributed by atoms with Crippen LogP contribution in [0.2, 0.25) is 0 Å². The maximum Gasteiger partial charge on any atom is 0.410 e. The number of aliphatic hydroxyl groups is 1. The molecule has 2 atom stereocenters. The molecule has 1 N–H and O–H groups in total. The van der Waals surface area contributed by atoms with Gasteiger partial charge in [-0.3, -0.25) is 0 Å². The first-order chi connectivity index (χ1) is 10.2. The Morgan fingerprint density at radius 2 is 2.24 bits per heavy atom. The molecule has 0 radical (unpaired) electrons. The van der Waals surface area contributed by atoms with Crippen molar-refractivity contribution in [2.45, 2.75) is 44.4 Å². The van der Waals surface area contributed by atoms with E-state index in [9.17, 15) is 9.90 Å². The summed E-state index contributed by atoms with van der Waals surface area (Å²) < 4.78 is 5.35. The Morgan fingerprint density at radius 3 is 2.95 bits per heavy atom. The number of nitrogens with zero attached hydrogens (tertiary/aromatic N) is 1. The smallest absolute Gasteiger partial charge is 0.410 e. The number of benzene rings is 1. The number of amides is 1.